The lowest BCUT2D eigenvalue weighted by atomic mass is 10.2. The van der Waals surface area contributed by atoms with E-state index < -0.39 is 15.1 Å². The van der Waals surface area contributed by atoms with Crippen LogP contribution in [0.4, 0.5) is 28.8 Å². The Labute approximate surface area is 200 Å². The molecular weight excluding hydrogens is 450 g/mol. The Morgan fingerprint density at radius 1 is 1.09 bits per heavy atom. The third-order valence-corrected chi connectivity index (χ3v) is 7.23. The third-order valence-electron chi connectivity index (χ3n) is 5.02. The van der Waals surface area contributed by atoms with E-state index in [1.807, 2.05) is 6.07 Å². The predicted molar refractivity (Wildman–Crippen MR) is 137 cm³/mol. The summed E-state index contributed by atoms with van der Waals surface area (Å²) in [7, 11) is -3.49. The fraction of sp³-hybridized carbons (Fsp3) is 0.240. The van der Waals surface area contributed by atoms with E-state index in [9.17, 15) is 13.2 Å². The minimum absolute atomic E-state index is 0.228. The number of sulfone groups is 1. The molecule has 0 atom stereocenters. The summed E-state index contributed by atoms with van der Waals surface area (Å²) in [6.07, 6.45) is 4.53. The van der Waals surface area contributed by atoms with Gasteiger partial charge in [-0.25, -0.2) is 13.4 Å². The number of benzene rings is 2. The summed E-state index contributed by atoms with van der Waals surface area (Å²) in [5, 5.41) is 8.51. The van der Waals surface area contributed by atoms with Crippen molar-refractivity contribution in [1.29, 1.82) is 0 Å². The second-order valence-corrected chi connectivity index (χ2v) is 10.4. The summed E-state index contributed by atoms with van der Waals surface area (Å²) in [6, 6.07) is 13.9. The standard InChI is InChI=1S/C25H29N5O3S/c1-5-10-18-16-26-25(28-20-12-9-11-19(15-20)27-23(31)6-2)30-24(18)29-21-13-7-8-14-22(21)34(32,33)17(3)4/h6-9,11-17H,2,5,10H2,1,3-4H3,(H,27,31)(H2,26,28,29,30). The number of hydrogen-bond donors (Lipinski definition) is 3. The molecular formula is C25H29N5O3S. The van der Waals surface area contributed by atoms with E-state index in [1.54, 1.807) is 62.5 Å². The molecule has 1 heterocycles. The average Bonchev–Trinajstić information content (AvgIpc) is 2.81. The normalized spacial score (nSPS) is 11.2. The van der Waals surface area contributed by atoms with E-state index in [2.05, 4.69) is 39.4 Å². The summed E-state index contributed by atoms with van der Waals surface area (Å²) in [4.78, 5) is 20.9. The van der Waals surface area contributed by atoms with Gasteiger partial charge in [-0.05, 0) is 56.7 Å². The van der Waals surface area contributed by atoms with Crippen molar-refractivity contribution in [3.8, 4) is 0 Å². The van der Waals surface area contributed by atoms with Crippen LogP contribution in [0.15, 0.2) is 72.3 Å². The van der Waals surface area contributed by atoms with E-state index in [0.29, 0.717) is 28.8 Å². The number of rotatable bonds is 10. The number of para-hydroxylation sites is 1. The van der Waals surface area contributed by atoms with E-state index >= 15 is 0 Å². The van der Waals surface area contributed by atoms with Gasteiger partial charge in [0.1, 0.15) is 5.82 Å². The molecule has 9 heteroatoms. The summed E-state index contributed by atoms with van der Waals surface area (Å²) in [5.74, 6) is 0.555. The monoisotopic (exact) mass is 479 g/mol. The molecule has 8 nitrogen and oxygen atoms in total. The molecule has 0 aliphatic carbocycles. The van der Waals surface area contributed by atoms with E-state index in [4.69, 9.17) is 0 Å². The first-order valence-electron chi connectivity index (χ1n) is 11.0. The molecule has 0 spiro atoms. The Morgan fingerprint density at radius 2 is 1.82 bits per heavy atom. The predicted octanol–water partition coefficient (Wildman–Crippen LogP) is 5.22. The van der Waals surface area contributed by atoms with Crippen LogP contribution < -0.4 is 16.0 Å². The Kier molecular flexibility index (Phi) is 8.01. The molecule has 2 aromatic carbocycles. The van der Waals surface area contributed by atoms with Crippen LogP contribution in [0.1, 0.15) is 32.8 Å². The fourth-order valence-electron chi connectivity index (χ4n) is 3.22. The van der Waals surface area contributed by atoms with Crippen molar-refractivity contribution in [3.63, 3.8) is 0 Å². The average molecular weight is 480 g/mol. The minimum Gasteiger partial charge on any atom is -0.339 e. The molecule has 34 heavy (non-hydrogen) atoms. The number of amides is 1. The zero-order valence-electron chi connectivity index (χ0n) is 19.5. The number of aryl methyl sites for hydroxylation is 1. The zero-order valence-corrected chi connectivity index (χ0v) is 20.3. The van der Waals surface area contributed by atoms with Crippen molar-refractivity contribution in [3.05, 3.63) is 72.9 Å². The van der Waals surface area contributed by atoms with Gasteiger partial charge in [0.05, 0.1) is 15.8 Å². The molecule has 0 aliphatic heterocycles. The minimum atomic E-state index is -3.49. The van der Waals surface area contributed by atoms with Gasteiger partial charge in [-0.15, -0.1) is 0 Å². The van der Waals surface area contributed by atoms with E-state index in [0.717, 1.165) is 18.4 Å². The van der Waals surface area contributed by atoms with Crippen LogP contribution in [0.5, 0.6) is 0 Å². The maximum Gasteiger partial charge on any atom is 0.247 e. The highest BCUT2D eigenvalue weighted by Gasteiger charge is 2.23. The van der Waals surface area contributed by atoms with Crippen LogP contribution in [0.3, 0.4) is 0 Å². The molecule has 0 fully saturated rings. The van der Waals surface area contributed by atoms with Crippen molar-refractivity contribution >= 4 is 44.6 Å². The molecule has 0 saturated heterocycles. The van der Waals surface area contributed by atoms with Gasteiger partial charge in [0.25, 0.3) is 0 Å². The lowest BCUT2D eigenvalue weighted by Gasteiger charge is -2.17. The number of carbonyl (C=O) groups is 1. The Balaban J connectivity index is 1.94. The molecule has 1 aromatic heterocycles. The van der Waals surface area contributed by atoms with Crippen molar-refractivity contribution < 1.29 is 13.2 Å². The first-order chi connectivity index (χ1) is 16.2. The topological polar surface area (TPSA) is 113 Å². The molecule has 3 aromatic rings. The highest BCUT2D eigenvalue weighted by atomic mass is 32.2. The van der Waals surface area contributed by atoms with Crippen molar-refractivity contribution in [2.45, 2.75) is 43.8 Å². The second kappa shape index (κ2) is 10.9. The van der Waals surface area contributed by atoms with Gasteiger partial charge >= 0.3 is 0 Å². The first-order valence-corrected chi connectivity index (χ1v) is 12.6. The Bertz CT molecular complexity index is 1290. The number of nitrogens with zero attached hydrogens (tertiary/aromatic N) is 2. The molecule has 0 bridgehead atoms. The highest BCUT2D eigenvalue weighted by Crippen LogP contribution is 2.29. The largest absolute Gasteiger partial charge is 0.339 e. The maximum atomic E-state index is 12.9. The molecule has 0 radical (unpaired) electrons. The van der Waals surface area contributed by atoms with Gasteiger partial charge < -0.3 is 16.0 Å². The van der Waals surface area contributed by atoms with Crippen LogP contribution in [-0.2, 0) is 21.1 Å². The van der Waals surface area contributed by atoms with Gasteiger partial charge in [0.2, 0.25) is 11.9 Å². The van der Waals surface area contributed by atoms with E-state index in [1.165, 1.54) is 6.08 Å². The zero-order chi connectivity index (χ0) is 24.7. The highest BCUT2D eigenvalue weighted by molar-refractivity contribution is 7.92. The molecule has 3 rings (SSSR count). The van der Waals surface area contributed by atoms with Crippen LogP contribution in [0.2, 0.25) is 0 Å². The fourth-order valence-corrected chi connectivity index (χ4v) is 4.43. The van der Waals surface area contributed by atoms with Gasteiger partial charge in [-0.1, -0.05) is 38.1 Å². The van der Waals surface area contributed by atoms with Crippen LogP contribution in [0.25, 0.3) is 0 Å². The number of carbonyl (C=O) groups excluding carboxylic acids is 1. The Hall–Kier alpha value is -3.72. The number of nitrogens with one attached hydrogen (secondary N) is 3. The SMILES string of the molecule is C=CC(=O)Nc1cccc(Nc2ncc(CCC)c(Nc3ccccc3S(=O)(=O)C(C)C)n2)c1. The Morgan fingerprint density at radius 3 is 2.53 bits per heavy atom. The first kappa shape index (κ1) is 24.9. The second-order valence-electron chi connectivity index (χ2n) is 7.93. The summed E-state index contributed by atoms with van der Waals surface area (Å²) >= 11 is 0. The van der Waals surface area contributed by atoms with Crippen molar-refractivity contribution in [1.82, 2.24) is 9.97 Å². The number of aromatic nitrogens is 2. The summed E-state index contributed by atoms with van der Waals surface area (Å²) in [5.41, 5.74) is 2.62. The summed E-state index contributed by atoms with van der Waals surface area (Å²) < 4.78 is 25.7. The molecule has 0 saturated carbocycles. The third kappa shape index (κ3) is 5.99. The van der Waals surface area contributed by atoms with Gasteiger partial charge in [0, 0.05) is 23.1 Å². The van der Waals surface area contributed by atoms with Gasteiger partial charge in [-0.2, -0.15) is 4.98 Å². The number of anilines is 5. The van der Waals surface area contributed by atoms with Crippen LogP contribution in [0, 0.1) is 0 Å². The maximum absolute atomic E-state index is 12.9. The summed E-state index contributed by atoms with van der Waals surface area (Å²) in [6.45, 7) is 8.82. The van der Waals surface area contributed by atoms with Crippen LogP contribution in [-0.4, -0.2) is 29.5 Å². The lowest BCUT2D eigenvalue weighted by Crippen LogP contribution is -2.16. The number of hydrogen-bond acceptors (Lipinski definition) is 7. The van der Waals surface area contributed by atoms with Gasteiger partial charge in [0.15, 0.2) is 9.84 Å². The molecule has 0 unspecified atom stereocenters. The van der Waals surface area contributed by atoms with Crippen molar-refractivity contribution in [2.24, 2.45) is 0 Å². The van der Waals surface area contributed by atoms with Crippen molar-refractivity contribution in [2.75, 3.05) is 16.0 Å². The lowest BCUT2D eigenvalue weighted by molar-refractivity contribution is -0.111. The molecule has 1 amide bonds. The molecule has 3 N–H and O–H groups in total. The van der Waals surface area contributed by atoms with Crippen LogP contribution >= 0.6 is 0 Å². The molecule has 178 valence electrons. The van der Waals surface area contributed by atoms with E-state index in [-0.39, 0.29) is 10.8 Å². The quantitative estimate of drug-likeness (QED) is 0.342. The smallest absolute Gasteiger partial charge is 0.247 e. The van der Waals surface area contributed by atoms with Gasteiger partial charge in [-0.3, -0.25) is 4.79 Å². The molecule has 0 aliphatic rings.